The number of rotatable bonds is 9. The fraction of sp³-hybridized carbons (Fsp3) is 0.444. The van der Waals surface area contributed by atoms with Gasteiger partial charge >= 0.3 is 5.97 Å². The van der Waals surface area contributed by atoms with Crippen molar-refractivity contribution in [2.45, 2.75) is 33.2 Å². The van der Waals surface area contributed by atoms with Crippen LogP contribution < -0.4 is 14.8 Å². The molecule has 1 unspecified atom stereocenters. The van der Waals surface area contributed by atoms with E-state index in [2.05, 4.69) is 5.32 Å². The number of aliphatic carboxylic acids is 1. The first-order valence-electron chi connectivity index (χ1n) is 7.84. The lowest BCUT2D eigenvalue weighted by Gasteiger charge is -2.17. The molecule has 0 bridgehead atoms. The Labute approximate surface area is 142 Å². The van der Waals surface area contributed by atoms with Crippen molar-refractivity contribution in [3.63, 3.8) is 0 Å². The van der Waals surface area contributed by atoms with Crippen molar-refractivity contribution in [2.75, 3.05) is 13.7 Å². The van der Waals surface area contributed by atoms with Crippen LogP contribution in [-0.2, 0) is 4.79 Å². The monoisotopic (exact) mass is 335 g/mol. The molecule has 0 radical (unpaired) electrons. The van der Waals surface area contributed by atoms with Crippen molar-refractivity contribution in [2.24, 2.45) is 5.92 Å². The molecule has 0 fully saturated rings. The van der Waals surface area contributed by atoms with Crippen LogP contribution in [0.1, 0.15) is 37.6 Å². The number of carbonyl (C=O) groups excluding carboxylic acids is 1. The molecule has 1 aromatic rings. The Kier molecular flexibility index (Phi) is 7.82. The number of allylic oxidation sites excluding steroid dienone is 1. The molecule has 1 atom stereocenters. The summed E-state index contributed by atoms with van der Waals surface area (Å²) in [7, 11) is 1.53. The first kappa shape index (κ1) is 19.5. The van der Waals surface area contributed by atoms with E-state index >= 15 is 0 Å². The number of carbonyl (C=O) groups is 2. The summed E-state index contributed by atoms with van der Waals surface area (Å²) in [5, 5.41) is 11.7. The maximum atomic E-state index is 12.5. The molecule has 1 rings (SSSR count). The molecule has 0 aliphatic heterocycles. The number of carboxylic acid groups (broad SMARTS) is 1. The lowest BCUT2D eigenvalue weighted by Crippen LogP contribution is -2.40. The summed E-state index contributed by atoms with van der Waals surface area (Å²) in [6.45, 7) is 6.23. The number of ether oxygens (including phenoxy) is 2. The molecule has 0 aliphatic carbocycles. The van der Waals surface area contributed by atoms with Gasteiger partial charge in [0.1, 0.15) is 17.5 Å². The lowest BCUT2D eigenvalue weighted by molar-refractivity contribution is -0.139. The predicted molar refractivity (Wildman–Crippen MR) is 91.6 cm³/mol. The number of carboxylic acids is 1. The van der Waals surface area contributed by atoms with Crippen molar-refractivity contribution < 1.29 is 24.2 Å². The van der Waals surface area contributed by atoms with E-state index in [0.717, 1.165) is 0 Å². The maximum Gasteiger partial charge on any atom is 0.326 e. The minimum absolute atomic E-state index is 0.218. The molecule has 1 amide bonds. The summed E-state index contributed by atoms with van der Waals surface area (Å²) < 4.78 is 10.8. The topological polar surface area (TPSA) is 84.9 Å². The molecule has 0 spiro atoms. The van der Waals surface area contributed by atoms with E-state index < -0.39 is 17.9 Å². The first-order valence-corrected chi connectivity index (χ1v) is 7.84. The Bertz CT molecular complexity index is 595. The van der Waals surface area contributed by atoms with E-state index in [0.29, 0.717) is 18.1 Å². The van der Waals surface area contributed by atoms with Crippen LogP contribution in [0.4, 0.5) is 0 Å². The fourth-order valence-corrected chi connectivity index (χ4v) is 1.92. The third kappa shape index (κ3) is 5.95. The molecule has 2 N–H and O–H groups in total. The summed E-state index contributed by atoms with van der Waals surface area (Å²) in [5.74, 6) is -0.355. The third-order valence-corrected chi connectivity index (χ3v) is 3.22. The molecule has 0 heterocycles. The molecule has 0 aromatic heterocycles. The van der Waals surface area contributed by atoms with Gasteiger partial charge in [-0.3, -0.25) is 4.79 Å². The molecule has 1 aromatic carbocycles. The van der Waals surface area contributed by atoms with Gasteiger partial charge < -0.3 is 19.9 Å². The fourth-order valence-electron chi connectivity index (χ4n) is 1.92. The van der Waals surface area contributed by atoms with Gasteiger partial charge in [0.05, 0.1) is 19.3 Å². The van der Waals surface area contributed by atoms with Gasteiger partial charge in [0, 0.05) is 6.07 Å². The van der Waals surface area contributed by atoms with Crippen molar-refractivity contribution in [1.82, 2.24) is 5.32 Å². The smallest absolute Gasteiger partial charge is 0.326 e. The summed E-state index contributed by atoms with van der Waals surface area (Å²) in [6.07, 6.45) is 3.66. The first-order chi connectivity index (χ1) is 11.4. The van der Waals surface area contributed by atoms with Crippen LogP contribution in [0.5, 0.6) is 11.5 Å². The number of hydrogen-bond acceptors (Lipinski definition) is 4. The molecule has 6 heteroatoms. The molecule has 0 aliphatic rings. The standard InChI is InChI=1S/C18H25NO5/c1-5-6-7-15(18(21)22)19-17(20)14-9-8-13(23-4)10-16(14)24-11-12(2)3/h5-6,8-10,12,15H,7,11H2,1-4H3,(H,19,20)(H,21,22)/b6-5+. The highest BCUT2D eigenvalue weighted by atomic mass is 16.5. The minimum Gasteiger partial charge on any atom is -0.497 e. The second-order valence-electron chi connectivity index (χ2n) is 5.74. The zero-order valence-electron chi connectivity index (χ0n) is 14.5. The van der Waals surface area contributed by atoms with E-state index in [9.17, 15) is 14.7 Å². The normalized spacial score (nSPS) is 12.2. The Morgan fingerprint density at radius 3 is 2.58 bits per heavy atom. The summed E-state index contributed by atoms with van der Waals surface area (Å²) >= 11 is 0. The zero-order chi connectivity index (χ0) is 18.1. The highest BCUT2D eigenvalue weighted by Crippen LogP contribution is 2.25. The summed E-state index contributed by atoms with van der Waals surface area (Å²) in [5.41, 5.74) is 0.281. The Hall–Kier alpha value is -2.50. The van der Waals surface area contributed by atoms with Crippen LogP contribution in [-0.4, -0.2) is 36.7 Å². The number of benzene rings is 1. The van der Waals surface area contributed by atoms with Crippen LogP contribution in [0.2, 0.25) is 0 Å². The van der Waals surface area contributed by atoms with E-state index in [-0.39, 0.29) is 17.9 Å². The van der Waals surface area contributed by atoms with E-state index in [1.54, 1.807) is 37.3 Å². The van der Waals surface area contributed by atoms with Crippen molar-refractivity contribution in [3.8, 4) is 11.5 Å². The van der Waals surface area contributed by atoms with Gasteiger partial charge in [0.2, 0.25) is 0 Å². The van der Waals surface area contributed by atoms with E-state index in [1.807, 2.05) is 13.8 Å². The maximum absolute atomic E-state index is 12.5. The number of hydrogen-bond donors (Lipinski definition) is 2. The molecular formula is C18H25NO5. The molecule has 6 nitrogen and oxygen atoms in total. The second kappa shape index (κ2) is 9.60. The average Bonchev–Trinajstić information content (AvgIpc) is 2.55. The second-order valence-corrected chi connectivity index (χ2v) is 5.74. The number of methoxy groups -OCH3 is 1. The minimum atomic E-state index is -1.08. The van der Waals surface area contributed by atoms with Gasteiger partial charge in [-0.15, -0.1) is 0 Å². The van der Waals surface area contributed by atoms with Crippen LogP contribution in [0, 0.1) is 5.92 Å². The largest absolute Gasteiger partial charge is 0.497 e. The molecule has 0 saturated heterocycles. The average molecular weight is 335 g/mol. The van der Waals surface area contributed by atoms with Gasteiger partial charge in [-0.05, 0) is 31.4 Å². The molecular weight excluding hydrogens is 310 g/mol. The van der Waals surface area contributed by atoms with E-state index in [1.165, 1.54) is 7.11 Å². The van der Waals surface area contributed by atoms with Gasteiger partial charge in [-0.25, -0.2) is 4.79 Å². The number of amides is 1. The van der Waals surface area contributed by atoms with Crippen LogP contribution in [0.3, 0.4) is 0 Å². The Morgan fingerprint density at radius 2 is 2.04 bits per heavy atom. The van der Waals surface area contributed by atoms with Gasteiger partial charge in [0.15, 0.2) is 0 Å². The highest BCUT2D eigenvalue weighted by Gasteiger charge is 2.22. The predicted octanol–water partition coefficient (Wildman–Crippen LogP) is 2.88. The lowest BCUT2D eigenvalue weighted by atomic mass is 10.1. The SMILES string of the molecule is C/C=C/CC(NC(=O)c1ccc(OC)cc1OCC(C)C)C(=O)O. The third-order valence-electron chi connectivity index (χ3n) is 3.22. The number of nitrogens with one attached hydrogen (secondary N) is 1. The Balaban J connectivity index is 3.00. The zero-order valence-corrected chi connectivity index (χ0v) is 14.5. The van der Waals surface area contributed by atoms with Crippen molar-refractivity contribution in [3.05, 3.63) is 35.9 Å². The van der Waals surface area contributed by atoms with Gasteiger partial charge in [0.25, 0.3) is 5.91 Å². The van der Waals surface area contributed by atoms with E-state index in [4.69, 9.17) is 9.47 Å². The molecule has 0 saturated carbocycles. The van der Waals surface area contributed by atoms with Gasteiger partial charge in [-0.2, -0.15) is 0 Å². The van der Waals surface area contributed by atoms with Crippen molar-refractivity contribution >= 4 is 11.9 Å². The van der Waals surface area contributed by atoms with Crippen LogP contribution in [0.15, 0.2) is 30.4 Å². The van der Waals surface area contributed by atoms with Crippen LogP contribution in [0.25, 0.3) is 0 Å². The Morgan fingerprint density at radius 1 is 1.33 bits per heavy atom. The van der Waals surface area contributed by atoms with Crippen molar-refractivity contribution in [1.29, 1.82) is 0 Å². The quantitative estimate of drug-likeness (QED) is 0.678. The summed E-state index contributed by atoms with van der Waals surface area (Å²) in [4.78, 5) is 23.7. The van der Waals surface area contributed by atoms with Gasteiger partial charge in [-0.1, -0.05) is 26.0 Å². The highest BCUT2D eigenvalue weighted by molar-refractivity contribution is 5.99. The summed E-state index contributed by atoms with van der Waals surface area (Å²) in [6, 6.07) is 3.84. The molecule has 132 valence electrons. The van der Waals surface area contributed by atoms with Crippen LogP contribution >= 0.6 is 0 Å². The molecule has 24 heavy (non-hydrogen) atoms.